The van der Waals surface area contributed by atoms with Crippen LogP contribution in [0.4, 0.5) is 14.5 Å². The van der Waals surface area contributed by atoms with Gasteiger partial charge < -0.3 is 24.4 Å². The Morgan fingerprint density at radius 1 is 0.800 bits per heavy atom. The standard InChI is InChI=1S/C35H44F2N2O4.CH4O/c1-4-7-8-9-10-13-24-42-32-18-12-11-16-30(32)34(40)38-29-21-19-27(20-22-29)35(41)43-25-23-39(5-2,6-3)26-28-15-14-17-31(36)33(28)37;1-2/h11-12,14-22H,4-10,13,23-26H2,1-3H3;2H,1H3/p+1. The lowest BCUT2D eigenvalue weighted by Gasteiger charge is -2.36. The first-order chi connectivity index (χ1) is 21.8. The van der Waals surface area contributed by atoms with Crippen molar-refractivity contribution in [3.63, 3.8) is 0 Å². The van der Waals surface area contributed by atoms with Crippen molar-refractivity contribution in [3.05, 3.63) is 95.1 Å². The minimum atomic E-state index is -0.866. The summed E-state index contributed by atoms with van der Waals surface area (Å²) in [6, 6.07) is 17.9. The fourth-order valence-electron chi connectivity index (χ4n) is 5.02. The van der Waals surface area contributed by atoms with E-state index >= 15 is 0 Å². The molecular formula is C36H49F2N2O5+. The molecule has 0 saturated heterocycles. The Balaban J connectivity index is 0.00000345. The molecule has 3 aromatic carbocycles. The van der Waals surface area contributed by atoms with Gasteiger partial charge in [0.15, 0.2) is 11.6 Å². The van der Waals surface area contributed by atoms with E-state index in [1.54, 1.807) is 48.5 Å². The molecule has 3 aromatic rings. The summed E-state index contributed by atoms with van der Waals surface area (Å²) in [6.07, 6.45) is 6.96. The molecule has 0 aliphatic heterocycles. The summed E-state index contributed by atoms with van der Waals surface area (Å²) in [5.41, 5.74) is 1.64. The van der Waals surface area contributed by atoms with E-state index in [0.29, 0.717) is 65.4 Å². The van der Waals surface area contributed by atoms with Gasteiger partial charge in [-0.3, -0.25) is 4.79 Å². The minimum Gasteiger partial charge on any atom is -0.493 e. The van der Waals surface area contributed by atoms with Crippen LogP contribution in [0.2, 0.25) is 0 Å². The first-order valence-corrected chi connectivity index (χ1v) is 15.9. The van der Waals surface area contributed by atoms with Crippen LogP contribution in [0.25, 0.3) is 0 Å². The number of halogens is 2. The monoisotopic (exact) mass is 627 g/mol. The van der Waals surface area contributed by atoms with Gasteiger partial charge in [-0.2, -0.15) is 0 Å². The normalized spacial score (nSPS) is 10.9. The summed E-state index contributed by atoms with van der Waals surface area (Å²) in [7, 11) is 1.00. The average Bonchev–Trinajstić information content (AvgIpc) is 3.07. The molecule has 0 spiro atoms. The second kappa shape index (κ2) is 20.3. The number of ether oxygens (including phenoxy) is 2. The van der Waals surface area contributed by atoms with E-state index in [1.807, 2.05) is 19.9 Å². The molecule has 0 aliphatic rings. The number of amides is 1. The maximum Gasteiger partial charge on any atom is 0.338 e. The van der Waals surface area contributed by atoms with Crippen LogP contribution < -0.4 is 10.1 Å². The molecule has 0 heterocycles. The second-order valence-corrected chi connectivity index (χ2v) is 10.8. The fourth-order valence-corrected chi connectivity index (χ4v) is 5.02. The Hall–Kier alpha value is -3.82. The van der Waals surface area contributed by atoms with Gasteiger partial charge in [0.1, 0.15) is 25.4 Å². The van der Waals surface area contributed by atoms with Crippen LogP contribution in [0.5, 0.6) is 5.75 Å². The highest BCUT2D eigenvalue weighted by molar-refractivity contribution is 6.06. The molecule has 2 N–H and O–H groups in total. The molecule has 246 valence electrons. The van der Waals surface area contributed by atoms with Crippen LogP contribution in [-0.4, -0.2) is 61.4 Å². The topological polar surface area (TPSA) is 84.9 Å². The zero-order valence-electron chi connectivity index (χ0n) is 27.1. The van der Waals surface area contributed by atoms with E-state index in [9.17, 15) is 18.4 Å². The summed E-state index contributed by atoms with van der Waals surface area (Å²) < 4.78 is 39.9. The highest BCUT2D eigenvalue weighted by Crippen LogP contribution is 2.22. The van der Waals surface area contributed by atoms with Gasteiger partial charge >= 0.3 is 5.97 Å². The number of nitrogens with one attached hydrogen (secondary N) is 1. The number of carbonyl (C=O) groups excluding carboxylic acids is 2. The third kappa shape index (κ3) is 11.9. The number of benzene rings is 3. The van der Waals surface area contributed by atoms with Gasteiger partial charge in [-0.15, -0.1) is 0 Å². The molecule has 7 nitrogen and oxygen atoms in total. The molecular weight excluding hydrogens is 578 g/mol. The third-order valence-electron chi connectivity index (χ3n) is 7.94. The first kappa shape index (κ1) is 37.4. The number of likely N-dealkylation sites (N-methyl/N-ethyl adjacent to an activating group) is 1. The lowest BCUT2D eigenvalue weighted by Crippen LogP contribution is -2.49. The van der Waals surface area contributed by atoms with Gasteiger partial charge in [-0.1, -0.05) is 63.3 Å². The van der Waals surface area contributed by atoms with Gasteiger partial charge in [0.05, 0.1) is 30.8 Å². The Labute approximate surface area is 266 Å². The number of anilines is 1. The molecule has 1 amide bonds. The van der Waals surface area contributed by atoms with E-state index in [1.165, 1.54) is 31.7 Å². The van der Waals surface area contributed by atoms with Crippen molar-refractivity contribution in [2.45, 2.75) is 65.8 Å². The zero-order valence-corrected chi connectivity index (χ0v) is 27.1. The van der Waals surface area contributed by atoms with E-state index in [2.05, 4.69) is 12.2 Å². The third-order valence-corrected chi connectivity index (χ3v) is 7.94. The number of aliphatic hydroxyl groups is 1. The van der Waals surface area contributed by atoms with Crippen LogP contribution in [0.1, 0.15) is 85.6 Å². The van der Waals surface area contributed by atoms with Crippen LogP contribution >= 0.6 is 0 Å². The first-order valence-electron chi connectivity index (χ1n) is 15.9. The van der Waals surface area contributed by atoms with E-state index < -0.39 is 17.6 Å². The summed E-state index contributed by atoms with van der Waals surface area (Å²) in [6.45, 7) is 8.96. The molecule has 0 aromatic heterocycles. The van der Waals surface area contributed by atoms with Crippen molar-refractivity contribution in [3.8, 4) is 5.75 Å². The number of quaternary nitrogens is 1. The number of hydrogen-bond donors (Lipinski definition) is 2. The van der Waals surface area contributed by atoms with Crippen molar-refractivity contribution >= 4 is 17.6 Å². The summed E-state index contributed by atoms with van der Waals surface area (Å²) >= 11 is 0. The maximum absolute atomic E-state index is 14.3. The van der Waals surface area contributed by atoms with Gasteiger partial charge in [0.25, 0.3) is 5.91 Å². The largest absolute Gasteiger partial charge is 0.493 e. The Morgan fingerprint density at radius 2 is 1.47 bits per heavy atom. The summed E-state index contributed by atoms with van der Waals surface area (Å²) in [5, 5.41) is 9.87. The second-order valence-electron chi connectivity index (χ2n) is 10.8. The fraction of sp³-hybridized carbons (Fsp3) is 0.444. The van der Waals surface area contributed by atoms with Gasteiger partial charge in [-0.05, 0) is 62.7 Å². The number of rotatable bonds is 18. The SMILES string of the molecule is CCCCCCCCOc1ccccc1C(=O)Nc1ccc(C(=O)OCC[N+](CC)(CC)Cc2cccc(F)c2F)cc1.CO. The Kier molecular flexibility index (Phi) is 16.8. The number of esters is 1. The van der Waals surface area contributed by atoms with Crippen molar-refractivity contribution in [2.24, 2.45) is 0 Å². The molecule has 0 aliphatic carbocycles. The van der Waals surface area contributed by atoms with Crippen molar-refractivity contribution in [1.82, 2.24) is 0 Å². The molecule has 0 fully saturated rings. The minimum absolute atomic E-state index is 0.130. The molecule has 0 atom stereocenters. The summed E-state index contributed by atoms with van der Waals surface area (Å²) in [5.74, 6) is -1.94. The number of hydrogen-bond acceptors (Lipinski definition) is 5. The van der Waals surface area contributed by atoms with Crippen molar-refractivity contribution in [1.29, 1.82) is 0 Å². The van der Waals surface area contributed by atoms with Gasteiger partial charge in [0.2, 0.25) is 0 Å². The predicted molar refractivity (Wildman–Crippen MR) is 174 cm³/mol. The number of para-hydroxylation sites is 1. The maximum atomic E-state index is 14.3. The molecule has 0 radical (unpaired) electrons. The molecule has 0 bridgehead atoms. The summed E-state index contributed by atoms with van der Waals surface area (Å²) in [4.78, 5) is 25.7. The quantitative estimate of drug-likeness (QED) is 0.0855. The number of nitrogens with zero attached hydrogens (tertiary/aromatic N) is 1. The number of aliphatic hydroxyl groups excluding tert-OH is 1. The van der Waals surface area contributed by atoms with Crippen LogP contribution in [0.15, 0.2) is 66.7 Å². The molecule has 3 rings (SSSR count). The Bertz CT molecular complexity index is 1310. The predicted octanol–water partition coefficient (Wildman–Crippen LogP) is 7.78. The molecule has 45 heavy (non-hydrogen) atoms. The lowest BCUT2D eigenvalue weighted by molar-refractivity contribution is -0.937. The average molecular weight is 628 g/mol. The van der Waals surface area contributed by atoms with Gasteiger partial charge in [0, 0.05) is 18.4 Å². The number of carbonyl (C=O) groups is 2. The van der Waals surface area contributed by atoms with Crippen molar-refractivity contribution < 1.29 is 37.4 Å². The van der Waals surface area contributed by atoms with E-state index in [0.717, 1.165) is 26.0 Å². The number of unbranched alkanes of at least 4 members (excludes halogenated alkanes) is 5. The van der Waals surface area contributed by atoms with Crippen LogP contribution in [0, 0.1) is 11.6 Å². The van der Waals surface area contributed by atoms with Crippen LogP contribution in [0.3, 0.4) is 0 Å². The van der Waals surface area contributed by atoms with E-state index in [-0.39, 0.29) is 12.5 Å². The smallest absolute Gasteiger partial charge is 0.338 e. The van der Waals surface area contributed by atoms with Gasteiger partial charge in [-0.25, -0.2) is 13.6 Å². The molecule has 0 saturated carbocycles. The zero-order chi connectivity index (χ0) is 33.1. The highest BCUT2D eigenvalue weighted by Gasteiger charge is 2.27. The lowest BCUT2D eigenvalue weighted by atomic mass is 10.1. The van der Waals surface area contributed by atoms with Crippen LogP contribution in [-0.2, 0) is 11.3 Å². The molecule has 0 unspecified atom stereocenters. The Morgan fingerprint density at radius 3 is 2.16 bits per heavy atom. The van der Waals surface area contributed by atoms with Crippen molar-refractivity contribution in [2.75, 3.05) is 45.3 Å². The van der Waals surface area contributed by atoms with E-state index in [4.69, 9.17) is 14.6 Å². The highest BCUT2D eigenvalue weighted by atomic mass is 19.2. The molecule has 9 heteroatoms.